The summed E-state index contributed by atoms with van der Waals surface area (Å²) in [6, 6.07) is 2.39. The third-order valence-corrected chi connectivity index (χ3v) is 6.76. The van der Waals surface area contributed by atoms with Crippen molar-refractivity contribution in [2.45, 2.75) is 69.5 Å². The molecule has 1 amide bonds. The molecule has 0 aromatic carbocycles. The number of halogens is 1. The van der Waals surface area contributed by atoms with Gasteiger partial charge in [0.15, 0.2) is 5.69 Å². The maximum Gasteiger partial charge on any atom is 0.273 e. The van der Waals surface area contributed by atoms with E-state index in [2.05, 4.69) is 72.6 Å². The van der Waals surface area contributed by atoms with Gasteiger partial charge in [0, 0.05) is 24.6 Å². The lowest BCUT2D eigenvalue weighted by atomic mass is 9.78. The highest BCUT2D eigenvalue weighted by Crippen LogP contribution is 2.41. The molecule has 1 aromatic heterocycles. The summed E-state index contributed by atoms with van der Waals surface area (Å²) in [5.41, 5.74) is 0.546. The average molecular weight is 445 g/mol. The second-order valence-electron chi connectivity index (χ2n) is 8.52. The van der Waals surface area contributed by atoms with Crippen LogP contribution < -0.4 is 5.32 Å². The van der Waals surface area contributed by atoms with Crippen LogP contribution in [0.1, 0.15) is 69.6 Å². The van der Waals surface area contributed by atoms with Gasteiger partial charge in [-0.2, -0.15) is 0 Å². The molecule has 3 rings (SSSR count). The molecule has 5 nitrogen and oxygen atoms in total. The van der Waals surface area contributed by atoms with E-state index in [1.807, 2.05) is 6.07 Å². The molecule has 1 saturated carbocycles. The molecule has 3 unspecified atom stereocenters. The number of amides is 1. The standard InChI is InChI=1S/C18H28IN3O2/c1-10(2)22-9-12(18(3,4)5)15(16(22)19)20-17(23)13-8-14(24-21-13)11-6-7-11/h8,10-12,15-16H,6-7,9H2,1-5H3,(H,20,23). The number of hydrogen-bond donors (Lipinski definition) is 1. The minimum Gasteiger partial charge on any atom is -0.360 e. The number of carbonyl (C=O) groups excluding carboxylic acids is 1. The molecule has 0 spiro atoms. The number of alkyl halides is 1. The molecular weight excluding hydrogens is 417 g/mol. The van der Waals surface area contributed by atoms with Gasteiger partial charge >= 0.3 is 0 Å². The van der Waals surface area contributed by atoms with Gasteiger partial charge < -0.3 is 9.84 Å². The zero-order valence-electron chi connectivity index (χ0n) is 15.2. The van der Waals surface area contributed by atoms with E-state index >= 15 is 0 Å². The maximum absolute atomic E-state index is 12.7. The third-order valence-electron chi connectivity index (χ3n) is 5.27. The summed E-state index contributed by atoms with van der Waals surface area (Å²) in [6.45, 7) is 12.2. The second kappa shape index (κ2) is 6.59. The number of likely N-dealkylation sites (tertiary alicyclic amines) is 1. The maximum atomic E-state index is 12.7. The number of rotatable bonds is 4. The molecule has 2 fully saturated rings. The van der Waals surface area contributed by atoms with Crippen molar-refractivity contribution in [3.05, 3.63) is 17.5 Å². The summed E-state index contributed by atoms with van der Waals surface area (Å²) in [5, 5.41) is 7.23. The van der Waals surface area contributed by atoms with Crippen LogP contribution in [-0.4, -0.2) is 38.6 Å². The van der Waals surface area contributed by atoms with Crippen molar-refractivity contribution in [2.24, 2.45) is 11.3 Å². The molecule has 24 heavy (non-hydrogen) atoms. The molecule has 1 saturated heterocycles. The predicted molar refractivity (Wildman–Crippen MR) is 102 cm³/mol. The first kappa shape index (κ1) is 18.2. The highest BCUT2D eigenvalue weighted by molar-refractivity contribution is 14.1. The van der Waals surface area contributed by atoms with Crippen LogP contribution in [0, 0.1) is 11.3 Å². The zero-order chi connectivity index (χ0) is 17.6. The average Bonchev–Trinajstić information content (AvgIpc) is 3.10. The first-order valence-corrected chi connectivity index (χ1v) is 10.1. The Hall–Kier alpha value is -0.630. The summed E-state index contributed by atoms with van der Waals surface area (Å²) in [7, 11) is 0. The molecule has 1 N–H and O–H groups in total. The molecule has 1 aliphatic heterocycles. The third kappa shape index (κ3) is 3.64. The highest BCUT2D eigenvalue weighted by Gasteiger charge is 2.47. The van der Waals surface area contributed by atoms with Crippen LogP contribution >= 0.6 is 22.6 Å². The Morgan fingerprint density at radius 2 is 2.08 bits per heavy atom. The van der Waals surface area contributed by atoms with Crippen molar-refractivity contribution in [2.75, 3.05) is 6.54 Å². The Kier molecular flexibility index (Phi) is 4.99. The fraction of sp³-hybridized carbons (Fsp3) is 0.778. The second-order valence-corrected chi connectivity index (χ2v) is 9.80. The largest absolute Gasteiger partial charge is 0.360 e. The molecule has 1 aromatic rings. The summed E-state index contributed by atoms with van der Waals surface area (Å²) in [6.07, 6.45) is 2.29. The van der Waals surface area contributed by atoms with E-state index in [9.17, 15) is 4.79 Å². The van der Waals surface area contributed by atoms with E-state index < -0.39 is 0 Å². The Morgan fingerprint density at radius 3 is 2.62 bits per heavy atom. The predicted octanol–water partition coefficient (Wildman–Crippen LogP) is 3.80. The van der Waals surface area contributed by atoms with Crippen LogP contribution in [0.4, 0.5) is 0 Å². The van der Waals surface area contributed by atoms with E-state index in [0.717, 1.165) is 25.1 Å². The summed E-state index contributed by atoms with van der Waals surface area (Å²) < 4.78 is 5.61. The fourth-order valence-electron chi connectivity index (χ4n) is 3.50. The topological polar surface area (TPSA) is 58.4 Å². The fourth-order valence-corrected chi connectivity index (χ4v) is 5.05. The van der Waals surface area contributed by atoms with E-state index in [0.29, 0.717) is 23.6 Å². The number of aromatic nitrogens is 1. The van der Waals surface area contributed by atoms with Crippen molar-refractivity contribution in [3.8, 4) is 0 Å². The Morgan fingerprint density at radius 1 is 1.42 bits per heavy atom. The van der Waals surface area contributed by atoms with Crippen LogP contribution in [0.5, 0.6) is 0 Å². The smallest absolute Gasteiger partial charge is 0.273 e. The van der Waals surface area contributed by atoms with Gasteiger partial charge in [-0.05, 0) is 38.0 Å². The molecule has 134 valence electrons. The Balaban J connectivity index is 1.75. The van der Waals surface area contributed by atoms with Crippen LogP contribution in [-0.2, 0) is 0 Å². The lowest BCUT2D eigenvalue weighted by molar-refractivity contribution is 0.0901. The quantitative estimate of drug-likeness (QED) is 0.435. The van der Waals surface area contributed by atoms with Crippen LogP contribution in [0.3, 0.4) is 0 Å². The van der Waals surface area contributed by atoms with Crippen molar-refractivity contribution in [3.63, 3.8) is 0 Å². The lowest BCUT2D eigenvalue weighted by Crippen LogP contribution is -2.47. The minimum absolute atomic E-state index is 0.113. The Bertz CT molecular complexity index is 604. The van der Waals surface area contributed by atoms with Gasteiger partial charge in [-0.1, -0.05) is 48.5 Å². The van der Waals surface area contributed by atoms with Crippen LogP contribution in [0.2, 0.25) is 0 Å². The number of nitrogens with one attached hydrogen (secondary N) is 1. The zero-order valence-corrected chi connectivity index (χ0v) is 17.3. The summed E-state index contributed by atoms with van der Waals surface area (Å²) in [5.74, 6) is 1.62. The SMILES string of the molecule is CC(C)N1CC(C(C)(C)C)C(NC(=O)c2cc(C3CC3)on2)C1I. The first-order valence-electron chi connectivity index (χ1n) is 8.85. The number of hydrogen-bond acceptors (Lipinski definition) is 4. The van der Waals surface area contributed by atoms with Crippen molar-refractivity contribution in [1.29, 1.82) is 0 Å². The Labute approximate surface area is 158 Å². The van der Waals surface area contributed by atoms with Gasteiger partial charge in [0.05, 0.1) is 10.1 Å². The van der Waals surface area contributed by atoms with Crippen LogP contribution in [0.15, 0.2) is 10.6 Å². The lowest BCUT2D eigenvalue weighted by Gasteiger charge is -2.32. The first-order chi connectivity index (χ1) is 11.2. The van der Waals surface area contributed by atoms with E-state index in [4.69, 9.17) is 4.52 Å². The van der Waals surface area contributed by atoms with Gasteiger partial charge in [-0.3, -0.25) is 9.69 Å². The molecule has 6 heteroatoms. The van der Waals surface area contributed by atoms with Gasteiger partial charge in [0.2, 0.25) is 0 Å². The molecule has 0 bridgehead atoms. The minimum atomic E-state index is -0.114. The summed E-state index contributed by atoms with van der Waals surface area (Å²) >= 11 is 2.47. The monoisotopic (exact) mass is 445 g/mol. The molecule has 2 aliphatic rings. The van der Waals surface area contributed by atoms with Crippen molar-refractivity contribution < 1.29 is 9.32 Å². The van der Waals surface area contributed by atoms with Crippen molar-refractivity contribution in [1.82, 2.24) is 15.4 Å². The molecule has 1 aliphatic carbocycles. The summed E-state index contributed by atoms with van der Waals surface area (Å²) in [4.78, 5) is 15.2. The van der Waals surface area contributed by atoms with E-state index in [1.165, 1.54) is 0 Å². The van der Waals surface area contributed by atoms with Crippen molar-refractivity contribution >= 4 is 28.5 Å². The van der Waals surface area contributed by atoms with E-state index in [-0.39, 0.29) is 21.4 Å². The van der Waals surface area contributed by atoms with Gasteiger partial charge in [-0.15, -0.1) is 0 Å². The molecule has 0 radical (unpaired) electrons. The van der Waals surface area contributed by atoms with Gasteiger partial charge in [0.25, 0.3) is 5.91 Å². The highest BCUT2D eigenvalue weighted by atomic mass is 127. The molecule has 3 atom stereocenters. The number of carbonyl (C=O) groups is 1. The van der Waals surface area contributed by atoms with E-state index in [1.54, 1.807) is 0 Å². The van der Waals surface area contributed by atoms with Crippen LogP contribution in [0.25, 0.3) is 0 Å². The molecular formula is C18H28IN3O2. The number of nitrogens with zero attached hydrogens (tertiary/aromatic N) is 2. The molecule has 2 heterocycles. The van der Waals surface area contributed by atoms with Gasteiger partial charge in [0.1, 0.15) is 5.76 Å². The normalized spacial score (nSPS) is 28.5. The van der Waals surface area contributed by atoms with Gasteiger partial charge in [-0.25, -0.2) is 0 Å².